The van der Waals surface area contributed by atoms with Gasteiger partial charge in [-0.05, 0) is 90.0 Å². The third-order valence-corrected chi connectivity index (χ3v) is 14.4. The third-order valence-electron chi connectivity index (χ3n) is 14.4. The van der Waals surface area contributed by atoms with Crippen LogP contribution in [-0.4, -0.2) is 134 Å². The van der Waals surface area contributed by atoms with Crippen LogP contribution in [0.15, 0.2) is 94.9 Å². The normalized spacial score (nSPS) is 22.4. The quantitative estimate of drug-likeness (QED) is 0.0345. The van der Waals surface area contributed by atoms with E-state index in [1.807, 2.05) is 106 Å². The second kappa shape index (κ2) is 34.3. The molecular formula is C60H88N16O8. The molecule has 4 aromatic rings. The first-order valence-corrected chi connectivity index (χ1v) is 29.2. The maximum Gasteiger partial charge on any atom is 0.243 e. The molecule has 20 N–H and O–H groups in total. The van der Waals surface area contributed by atoms with Gasteiger partial charge < -0.3 is 76.9 Å². The monoisotopic (exact) mass is 1160 g/mol. The molecular weight excluding hydrogens is 1070 g/mol. The number of unbranched alkanes of at least 4 members (excludes halogenated alkanes) is 3. The number of fused-ring (bicyclic) bond motifs is 2. The molecule has 1 heterocycles. The molecule has 24 nitrogen and oxygen atoms in total. The van der Waals surface area contributed by atoms with Crippen molar-refractivity contribution in [1.82, 2.24) is 42.5 Å². The Morgan fingerprint density at radius 3 is 1.29 bits per heavy atom. The van der Waals surface area contributed by atoms with Gasteiger partial charge in [-0.25, -0.2) is 0 Å². The zero-order chi connectivity index (χ0) is 61.1. The molecule has 8 amide bonds. The van der Waals surface area contributed by atoms with Crippen LogP contribution in [0.5, 0.6) is 0 Å². The van der Waals surface area contributed by atoms with Gasteiger partial charge in [0.25, 0.3) is 0 Å². The van der Waals surface area contributed by atoms with Crippen molar-refractivity contribution in [3.8, 4) is 0 Å². The standard InChI is InChI=1S/C60H88N16O8/c1-4-5-6-7-18-45-54(80)71-46(19-12-27-69-59(63)64)55(81)75-49(34-37-21-23-39-14-8-10-16-41(39)32-37)53(79)68-30-25-43(61)51(77)67-29-26-44(62)52(78)74-48(31-36(2)3)57(83)73-47(20-13-28-70-60(65)66)56(82)76-50(58(84)72-45)35-38-22-24-40-15-9-11-17-42(40)33-38/h8-11,14-17,21-24,32-33,36,43-50H,4-7,12-13,18-20,25-31,34-35,61-62H2,1-3H3,(H,67,77)(H,68,79)(H,71,80)(H,72,84)(H,73,83)(H,74,78)(H,75,81)(H,76,82)(H4,63,64,69)(H4,65,66,70)/t43?,44?,45?,46-,47-,48-,49-,50-/m0/s1. The van der Waals surface area contributed by atoms with E-state index >= 15 is 4.79 Å². The van der Waals surface area contributed by atoms with Gasteiger partial charge in [0.2, 0.25) is 47.3 Å². The number of benzene rings is 4. The number of rotatable bonds is 19. The Morgan fingerprint density at radius 2 is 0.833 bits per heavy atom. The Labute approximate surface area is 491 Å². The van der Waals surface area contributed by atoms with Crippen LogP contribution in [0.4, 0.5) is 0 Å². The van der Waals surface area contributed by atoms with E-state index in [2.05, 4.69) is 52.5 Å². The van der Waals surface area contributed by atoms with Crippen LogP contribution in [0, 0.1) is 5.92 Å². The molecule has 8 atom stereocenters. The Morgan fingerprint density at radius 1 is 0.452 bits per heavy atom. The van der Waals surface area contributed by atoms with E-state index in [0.717, 1.165) is 34.4 Å². The Kier molecular flexibility index (Phi) is 27.1. The summed E-state index contributed by atoms with van der Waals surface area (Å²) >= 11 is 0. The maximum atomic E-state index is 15.0. The zero-order valence-corrected chi connectivity index (χ0v) is 48.6. The van der Waals surface area contributed by atoms with Crippen LogP contribution in [-0.2, 0) is 51.2 Å². The van der Waals surface area contributed by atoms with Gasteiger partial charge in [0.15, 0.2) is 11.9 Å². The highest BCUT2D eigenvalue weighted by molar-refractivity contribution is 5.98. The lowest BCUT2D eigenvalue weighted by molar-refractivity contribution is -0.135. The molecule has 0 saturated carbocycles. The predicted octanol–water partition coefficient (Wildman–Crippen LogP) is 0.491. The van der Waals surface area contributed by atoms with E-state index in [1.54, 1.807) is 0 Å². The molecule has 0 radical (unpaired) electrons. The Bertz CT molecular complexity index is 2930. The summed E-state index contributed by atoms with van der Waals surface area (Å²) in [6.07, 6.45) is 3.52. The first-order valence-electron chi connectivity index (χ1n) is 29.2. The van der Waals surface area contributed by atoms with E-state index < -0.39 is 95.6 Å². The number of carbonyl (C=O) groups is 8. The first kappa shape index (κ1) is 66.4. The Hall–Kier alpha value is -8.38. The number of nitrogens with zero attached hydrogens (tertiary/aromatic N) is 2. The summed E-state index contributed by atoms with van der Waals surface area (Å²) in [5.74, 6) is -5.98. The molecule has 0 aromatic heterocycles. The van der Waals surface area contributed by atoms with Crippen molar-refractivity contribution in [3.05, 3.63) is 96.1 Å². The average Bonchev–Trinajstić information content (AvgIpc) is 3.49. The topological polar surface area (TPSA) is 414 Å². The molecule has 0 aliphatic carbocycles. The van der Waals surface area contributed by atoms with Gasteiger partial charge in [-0.2, -0.15) is 0 Å². The summed E-state index contributed by atoms with van der Waals surface area (Å²) < 4.78 is 0. The van der Waals surface area contributed by atoms with E-state index in [4.69, 9.17) is 34.4 Å². The number of nitrogens with one attached hydrogen (secondary N) is 8. The van der Waals surface area contributed by atoms with Crippen molar-refractivity contribution < 1.29 is 38.4 Å². The highest BCUT2D eigenvalue weighted by atomic mass is 16.2. The molecule has 24 heteroatoms. The predicted molar refractivity (Wildman–Crippen MR) is 326 cm³/mol. The number of amides is 8. The van der Waals surface area contributed by atoms with Crippen LogP contribution < -0.4 is 76.9 Å². The second-order valence-corrected chi connectivity index (χ2v) is 21.9. The molecule has 4 aromatic carbocycles. The average molecular weight is 1160 g/mol. The Balaban J connectivity index is 1.57. The minimum absolute atomic E-state index is 0.00266. The van der Waals surface area contributed by atoms with Crippen LogP contribution >= 0.6 is 0 Å². The first-order chi connectivity index (χ1) is 40.2. The van der Waals surface area contributed by atoms with Crippen molar-refractivity contribution in [1.29, 1.82) is 0 Å². The lowest BCUT2D eigenvalue weighted by Gasteiger charge is -2.28. The summed E-state index contributed by atoms with van der Waals surface area (Å²) in [7, 11) is 0. The summed E-state index contributed by atoms with van der Waals surface area (Å²) in [5, 5.41) is 26.2. The summed E-state index contributed by atoms with van der Waals surface area (Å²) in [6, 6.07) is 16.7. The van der Waals surface area contributed by atoms with Crippen molar-refractivity contribution in [3.63, 3.8) is 0 Å². The van der Waals surface area contributed by atoms with Gasteiger partial charge in [-0.3, -0.25) is 48.3 Å². The minimum Gasteiger partial charge on any atom is -0.370 e. The summed E-state index contributed by atoms with van der Waals surface area (Å²) in [5.41, 5.74) is 36.5. The number of guanidine groups is 2. The van der Waals surface area contributed by atoms with Crippen molar-refractivity contribution in [2.24, 2.45) is 50.3 Å². The molecule has 456 valence electrons. The molecule has 1 saturated heterocycles. The number of hydrogen-bond acceptors (Lipinski definition) is 12. The van der Waals surface area contributed by atoms with Crippen molar-refractivity contribution in [2.75, 3.05) is 26.2 Å². The number of hydrogen-bond donors (Lipinski definition) is 14. The molecule has 3 unspecified atom stereocenters. The fourth-order valence-electron chi connectivity index (χ4n) is 9.77. The summed E-state index contributed by atoms with van der Waals surface area (Å²) in [6.45, 7) is 5.78. The number of nitrogens with two attached hydrogens (primary N) is 6. The third kappa shape index (κ3) is 22.4. The minimum atomic E-state index is -1.35. The van der Waals surface area contributed by atoms with Crippen molar-refractivity contribution >= 4 is 80.7 Å². The largest absolute Gasteiger partial charge is 0.370 e. The van der Waals surface area contributed by atoms with Gasteiger partial charge in [0, 0.05) is 39.0 Å². The van der Waals surface area contributed by atoms with Crippen LogP contribution in [0.3, 0.4) is 0 Å². The molecule has 0 spiro atoms. The molecule has 1 fully saturated rings. The fourth-order valence-corrected chi connectivity index (χ4v) is 9.77. The second-order valence-electron chi connectivity index (χ2n) is 21.9. The van der Waals surface area contributed by atoms with Crippen LogP contribution in [0.25, 0.3) is 21.5 Å². The number of carbonyl (C=O) groups excluding carboxylic acids is 8. The molecule has 1 aliphatic rings. The van der Waals surface area contributed by atoms with Gasteiger partial charge in [-0.15, -0.1) is 0 Å². The lowest BCUT2D eigenvalue weighted by Crippen LogP contribution is -2.60. The smallest absolute Gasteiger partial charge is 0.243 e. The van der Waals surface area contributed by atoms with Crippen LogP contribution in [0.2, 0.25) is 0 Å². The van der Waals surface area contributed by atoms with E-state index in [0.29, 0.717) is 24.0 Å². The molecule has 84 heavy (non-hydrogen) atoms. The SMILES string of the molecule is CCCCCCC1NC(=O)[C@H](Cc2ccc3ccccc3c2)NC(=O)[C@H](CCCN=C(N)N)NC(=O)[C@H](CC(C)C)NC(=O)C(N)CCNC(=O)C(N)CCNC(=O)[C@H](Cc2ccc3ccccc3c2)NC(=O)[C@H](CCCN=C(N)N)NC1=O. The highest BCUT2D eigenvalue weighted by Crippen LogP contribution is 2.20. The maximum absolute atomic E-state index is 15.0. The molecule has 1 aliphatic heterocycles. The van der Waals surface area contributed by atoms with E-state index in [1.165, 1.54) is 0 Å². The highest BCUT2D eigenvalue weighted by Gasteiger charge is 2.35. The number of aliphatic imine (C=N–C) groups is 2. The molecule has 0 bridgehead atoms. The van der Waals surface area contributed by atoms with Crippen molar-refractivity contribution in [2.45, 2.75) is 159 Å². The van der Waals surface area contributed by atoms with Gasteiger partial charge in [-0.1, -0.05) is 131 Å². The van der Waals surface area contributed by atoms with Gasteiger partial charge in [0.05, 0.1) is 12.1 Å². The van der Waals surface area contributed by atoms with E-state index in [9.17, 15) is 33.6 Å². The fraction of sp³-hybridized carbons (Fsp3) is 0.500. The zero-order valence-electron chi connectivity index (χ0n) is 48.6. The van der Waals surface area contributed by atoms with Gasteiger partial charge >= 0.3 is 0 Å². The van der Waals surface area contributed by atoms with Crippen LogP contribution in [0.1, 0.15) is 109 Å². The molecule has 5 rings (SSSR count). The lowest BCUT2D eigenvalue weighted by atomic mass is 9.99. The van der Waals surface area contributed by atoms with E-state index in [-0.39, 0.29) is 108 Å². The van der Waals surface area contributed by atoms with Gasteiger partial charge in [0.1, 0.15) is 36.3 Å². The summed E-state index contributed by atoms with van der Waals surface area (Å²) in [4.78, 5) is 123.